The van der Waals surface area contributed by atoms with E-state index >= 15 is 0 Å². The third kappa shape index (κ3) is 5.83. The average Bonchev–Trinajstić information content (AvgIpc) is 3.29. The number of rotatable bonds is 11. The molecule has 0 aliphatic carbocycles. The van der Waals surface area contributed by atoms with Gasteiger partial charge in [-0.15, -0.1) is 5.10 Å². The van der Waals surface area contributed by atoms with Crippen LogP contribution in [0.1, 0.15) is 60.3 Å². The monoisotopic (exact) mass is 474 g/mol. The first-order valence-electron chi connectivity index (χ1n) is 12.3. The molecule has 0 bridgehead atoms. The maximum absolute atomic E-state index is 13.1. The van der Waals surface area contributed by atoms with E-state index in [-0.39, 0.29) is 18.2 Å². The van der Waals surface area contributed by atoms with Crippen LogP contribution < -0.4 is 5.56 Å². The van der Waals surface area contributed by atoms with Crippen molar-refractivity contribution in [2.45, 2.75) is 59.2 Å². The molecule has 1 atom stereocenters. The molecule has 0 aliphatic rings. The number of aryl methyl sites for hydroxylation is 2. The molecule has 2 aromatic heterocycles. The number of tetrazole rings is 1. The number of nitrogens with zero attached hydrogens (tertiary/aromatic N) is 5. The van der Waals surface area contributed by atoms with Gasteiger partial charge in [0, 0.05) is 25.3 Å². The van der Waals surface area contributed by atoms with Crippen LogP contribution >= 0.6 is 0 Å². The van der Waals surface area contributed by atoms with Gasteiger partial charge in [-0.3, -0.25) is 9.69 Å². The molecular weight excluding hydrogens is 440 g/mol. The first-order valence-corrected chi connectivity index (χ1v) is 12.3. The second-order valence-corrected chi connectivity index (χ2v) is 9.20. The van der Waals surface area contributed by atoms with Crippen LogP contribution in [0.4, 0.5) is 0 Å². The second kappa shape index (κ2) is 11.4. The summed E-state index contributed by atoms with van der Waals surface area (Å²) in [7, 11) is 0. The van der Waals surface area contributed by atoms with Gasteiger partial charge in [0.1, 0.15) is 0 Å². The van der Waals surface area contributed by atoms with E-state index in [2.05, 4.69) is 63.5 Å². The Bertz CT molecular complexity index is 1310. The van der Waals surface area contributed by atoms with Gasteiger partial charge in [0.15, 0.2) is 5.82 Å². The Balaban J connectivity index is 1.69. The van der Waals surface area contributed by atoms with Crippen molar-refractivity contribution >= 4 is 10.9 Å². The van der Waals surface area contributed by atoms with E-state index in [1.807, 2.05) is 35.9 Å². The van der Waals surface area contributed by atoms with Crippen LogP contribution in [0, 0.1) is 13.8 Å². The SMILES string of the molecule is CCCC(c1nnnn1Cc1ccccc1)N(CCCO)Cc1cc2cc(C)cc(C)c2[nH]c1=O. The van der Waals surface area contributed by atoms with E-state index in [0.29, 0.717) is 31.6 Å². The van der Waals surface area contributed by atoms with Gasteiger partial charge >= 0.3 is 0 Å². The molecule has 0 saturated heterocycles. The van der Waals surface area contributed by atoms with Gasteiger partial charge in [-0.1, -0.05) is 55.3 Å². The summed E-state index contributed by atoms with van der Waals surface area (Å²) in [4.78, 5) is 18.4. The van der Waals surface area contributed by atoms with Gasteiger partial charge in [0.2, 0.25) is 0 Å². The van der Waals surface area contributed by atoms with Crippen molar-refractivity contribution in [1.29, 1.82) is 0 Å². The van der Waals surface area contributed by atoms with Crippen LogP contribution in [0.3, 0.4) is 0 Å². The Labute approximate surface area is 205 Å². The van der Waals surface area contributed by atoms with Crippen LogP contribution in [-0.4, -0.2) is 48.3 Å². The van der Waals surface area contributed by atoms with Crippen molar-refractivity contribution in [1.82, 2.24) is 30.1 Å². The van der Waals surface area contributed by atoms with E-state index < -0.39 is 0 Å². The lowest BCUT2D eigenvalue weighted by Crippen LogP contribution is -2.34. The molecule has 0 aliphatic heterocycles. The molecule has 184 valence electrons. The third-order valence-corrected chi connectivity index (χ3v) is 6.38. The molecule has 2 aromatic carbocycles. The maximum Gasteiger partial charge on any atom is 0.252 e. The Hall–Kier alpha value is -3.36. The van der Waals surface area contributed by atoms with Gasteiger partial charge in [-0.2, -0.15) is 0 Å². The van der Waals surface area contributed by atoms with Gasteiger partial charge in [-0.25, -0.2) is 4.68 Å². The van der Waals surface area contributed by atoms with Crippen LogP contribution in [0.2, 0.25) is 0 Å². The number of fused-ring (bicyclic) bond motifs is 1. The average molecular weight is 475 g/mol. The minimum Gasteiger partial charge on any atom is -0.396 e. The van der Waals surface area contributed by atoms with Gasteiger partial charge in [-0.05, 0) is 65.8 Å². The highest BCUT2D eigenvalue weighted by molar-refractivity contribution is 5.82. The van der Waals surface area contributed by atoms with E-state index in [1.165, 1.54) is 0 Å². The summed E-state index contributed by atoms with van der Waals surface area (Å²) in [6, 6.07) is 16.2. The maximum atomic E-state index is 13.1. The summed E-state index contributed by atoms with van der Waals surface area (Å²) in [5.41, 5.74) is 4.83. The Morgan fingerprint density at radius 1 is 1.14 bits per heavy atom. The van der Waals surface area contributed by atoms with E-state index in [4.69, 9.17) is 0 Å². The Morgan fingerprint density at radius 2 is 1.94 bits per heavy atom. The smallest absolute Gasteiger partial charge is 0.252 e. The minimum absolute atomic E-state index is 0.0801. The van der Waals surface area contributed by atoms with Crippen molar-refractivity contribution in [2.24, 2.45) is 0 Å². The molecule has 2 heterocycles. The van der Waals surface area contributed by atoms with Crippen LogP contribution in [0.25, 0.3) is 10.9 Å². The quantitative estimate of drug-likeness (QED) is 0.342. The number of benzene rings is 2. The standard InChI is InChI=1S/C27H34N6O2/c1-4-9-24(26-29-30-31-33(26)17-21-10-6-5-7-11-21)32(12-8-13-34)18-23-16-22-15-19(2)14-20(3)25(22)28-27(23)35/h5-7,10-11,14-16,24,34H,4,8-9,12-13,17-18H2,1-3H3,(H,28,35). The zero-order valence-corrected chi connectivity index (χ0v) is 20.7. The number of aromatic amines is 1. The van der Waals surface area contributed by atoms with E-state index in [1.54, 1.807) is 0 Å². The molecule has 2 N–H and O–H groups in total. The lowest BCUT2D eigenvalue weighted by molar-refractivity contribution is 0.148. The summed E-state index contributed by atoms with van der Waals surface area (Å²) in [6.45, 7) is 7.95. The number of aliphatic hydroxyl groups is 1. The number of pyridine rings is 1. The molecule has 35 heavy (non-hydrogen) atoms. The first kappa shape index (κ1) is 24.8. The molecule has 1 unspecified atom stereocenters. The molecule has 0 radical (unpaired) electrons. The molecule has 4 rings (SSSR count). The number of aliphatic hydroxyl groups excluding tert-OH is 1. The predicted molar refractivity (Wildman–Crippen MR) is 137 cm³/mol. The number of nitrogens with one attached hydrogen (secondary N) is 1. The summed E-state index contributed by atoms with van der Waals surface area (Å²) in [5, 5.41) is 23.3. The van der Waals surface area contributed by atoms with Crippen molar-refractivity contribution in [2.75, 3.05) is 13.2 Å². The highest BCUT2D eigenvalue weighted by Gasteiger charge is 2.26. The van der Waals surface area contributed by atoms with Crippen molar-refractivity contribution < 1.29 is 5.11 Å². The minimum atomic E-state index is -0.0856. The Morgan fingerprint density at radius 3 is 2.69 bits per heavy atom. The van der Waals surface area contributed by atoms with Crippen molar-refractivity contribution in [3.63, 3.8) is 0 Å². The number of hydrogen-bond acceptors (Lipinski definition) is 6. The number of hydrogen-bond donors (Lipinski definition) is 2. The molecular formula is C27H34N6O2. The zero-order chi connectivity index (χ0) is 24.8. The van der Waals surface area contributed by atoms with E-state index in [0.717, 1.165) is 46.3 Å². The van der Waals surface area contributed by atoms with Crippen LogP contribution in [0.15, 0.2) is 53.3 Å². The van der Waals surface area contributed by atoms with E-state index in [9.17, 15) is 9.90 Å². The molecule has 8 heteroatoms. The molecule has 0 fully saturated rings. The highest BCUT2D eigenvalue weighted by Crippen LogP contribution is 2.27. The van der Waals surface area contributed by atoms with Crippen molar-refractivity contribution in [3.8, 4) is 0 Å². The lowest BCUT2D eigenvalue weighted by Gasteiger charge is -2.30. The number of H-pyrrole nitrogens is 1. The molecule has 0 amide bonds. The van der Waals surface area contributed by atoms with Crippen molar-refractivity contribution in [3.05, 3.63) is 87.0 Å². The predicted octanol–water partition coefficient (Wildman–Crippen LogP) is 3.91. The normalized spacial score (nSPS) is 12.5. The molecule has 4 aromatic rings. The second-order valence-electron chi connectivity index (χ2n) is 9.20. The third-order valence-electron chi connectivity index (χ3n) is 6.38. The van der Waals surface area contributed by atoms with Gasteiger partial charge < -0.3 is 10.1 Å². The molecule has 8 nitrogen and oxygen atoms in total. The first-order chi connectivity index (χ1) is 17.0. The Kier molecular flexibility index (Phi) is 8.05. The summed E-state index contributed by atoms with van der Waals surface area (Å²) >= 11 is 0. The van der Waals surface area contributed by atoms with Gasteiger partial charge in [0.25, 0.3) is 5.56 Å². The topological polar surface area (TPSA) is 99.9 Å². The fraction of sp³-hybridized carbons (Fsp3) is 0.407. The van der Waals surface area contributed by atoms with Gasteiger partial charge in [0.05, 0.1) is 18.1 Å². The molecule has 0 saturated carbocycles. The zero-order valence-electron chi connectivity index (χ0n) is 20.7. The lowest BCUT2D eigenvalue weighted by atomic mass is 10.0. The fourth-order valence-corrected chi connectivity index (χ4v) is 4.75. The fourth-order valence-electron chi connectivity index (χ4n) is 4.75. The summed E-state index contributed by atoms with van der Waals surface area (Å²) in [6.07, 6.45) is 2.37. The largest absolute Gasteiger partial charge is 0.396 e. The van der Waals surface area contributed by atoms with Crippen LogP contribution in [0.5, 0.6) is 0 Å². The molecule has 0 spiro atoms. The summed E-state index contributed by atoms with van der Waals surface area (Å²) in [5.74, 6) is 0.776. The number of aromatic nitrogens is 5. The van der Waals surface area contributed by atoms with Crippen LogP contribution in [-0.2, 0) is 13.1 Å². The highest BCUT2D eigenvalue weighted by atomic mass is 16.3. The summed E-state index contributed by atoms with van der Waals surface area (Å²) < 4.78 is 1.85.